The smallest absolute Gasteiger partial charge is 0.00236 e. The van der Waals surface area contributed by atoms with Crippen molar-refractivity contribution >= 4 is 0 Å². The molecule has 0 unspecified atom stereocenters. The summed E-state index contributed by atoms with van der Waals surface area (Å²) >= 11 is 0. The molecule has 15 heavy (non-hydrogen) atoms. The maximum absolute atomic E-state index is 4.08. The fourth-order valence-corrected chi connectivity index (χ4v) is 1.73. The fourth-order valence-electron chi connectivity index (χ4n) is 1.73. The van der Waals surface area contributed by atoms with Gasteiger partial charge in [0, 0.05) is 0 Å². The van der Waals surface area contributed by atoms with Gasteiger partial charge in [-0.3, -0.25) is 0 Å². The third-order valence-corrected chi connectivity index (χ3v) is 2.61. The lowest BCUT2D eigenvalue weighted by atomic mass is 9.85. The van der Waals surface area contributed by atoms with E-state index in [1.807, 2.05) is 12.2 Å². The summed E-state index contributed by atoms with van der Waals surface area (Å²) in [7, 11) is 0. The molecule has 0 saturated heterocycles. The summed E-state index contributed by atoms with van der Waals surface area (Å²) in [5.74, 6) is 0. The molecule has 0 saturated carbocycles. The molecule has 0 aromatic heterocycles. The lowest BCUT2D eigenvalue weighted by molar-refractivity contribution is 0.972. The molecular formula is C15H18. The first-order valence-corrected chi connectivity index (χ1v) is 5.16. The van der Waals surface area contributed by atoms with Crippen LogP contribution in [0.15, 0.2) is 72.4 Å². The quantitative estimate of drug-likeness (QED) is 0.585. The molecule has 0 radical (unpaired) electrons. The fraction of sp³-hybridized carbons (Fsp3) is 0.200. The van der Waals surface area contributed by atoms with Gasteiger partial charge >= 0.3 is 0 Å². The third-order valence-electron chi connectivity index (χ3n) is 2.61. The highest BCUT2D eigenvalue weighted by atomic mass is 14.2. The van der Waals surface area contributed by atoms with Gasteiger partial charge in [0.05, 0.1) is 0 Å². The van der Waals surface area contributed by atoms with Crippen molar-refractivity contribution in [3.05, 3.63) is 72.4 Å². The van der Waals surface area contributed by atoms with Crippen LogP contribution in [0.2, 0.25) is 0 Å². The Hall–Kier alpha value is -1.56. The van der Waals surface area contributed by atoms with E-state index in [0.717, 1.165) is 12.8 Å². The monoisotopic (exact) mass is 198 g/mol. The SMILES string of the molecule is C=C/C=C\C1=C(C)CC(=C)/C(=C\C=C)C1. The molecule has 0 spiro atoms. The molecule has 1 rings (SSSR count). The van der Waals surface area contributed by atoms with Crippen LogP contribution in [0.25, 0.3) is 0 Å². The van der Waals surface area contributed by atoms with Crippen molar-refractivity contribution in [3.8, 4) is 0 Å². The third kappa shape index (κ3) is 2.95. The Kier molecular flexibility index (Phi) is 4.11. The molecule has 0 aromatic carbocycles. The van der Waals surface area contributed by atoms with Crippen molar-refractivity contribution < 1.29 is 0 Å². The maximum atomic E-state index is 4.08. The van der Waals surface area contributed by atoms with E-state index >= 15 is 0 Å². The molecule has 0 aromatic rings. The standard InChI is InChI=1S/C15H18/c1-5-7-9-15-11-14(8-6-2)12(3)10-13(15)4/h5-9H,1-3,10-11H2,4H3/b9-7-,14-8-. The van der Waals surface area contributed by atoms with E-state index in [1.54, 1.807) is 6.08 Å². The predicted molar refractivity (Wildman–Crippen MR) is 68.7 cm³/mol. The molecule has 0 aliphatic heterocycles. The van der Waals surface area contributed by atoms with Crippen LogP contribution in [-0.2, 0) is 0 Å². The molecule has 0 N–H and O–H groups in total. The van der Waals surface area contributed by atoms with Crippen molar-refractivity contribution in [1.82, 2.24) is 0 Å². The highest BCUT2D eigenvalue weighted by Gasteiger charge is 2.13. The summed E-state index contributed by atoms with van der Waals surface area (Å²) in [6.07, 6.45) is 11.7. The van der Waals surface area contributed by atoms with Gasteiger partial charge in [-0.15, -0.1) is 0 Å². The predicted octanol–water partition coefficient (Wildman–Crippen LogP) is 4.51. The van der Waals surface area contributed by atoms with Crippen LogP contribution in [-0.4, -0.2) is 0 Å². The Labute approximate surface area is 92.7 Å². The topological polar surface area (TPSA) is 0 Å². The zero-order valence-electron chi connectivity index (χ0n) is 9.42. The lowest BCUT2D eigenvalue weighted by Gasteiger charge is -2.20. The van der Waals surface area contributed by atoms with Crippen LogP contribution in [0.1, 0.15) is 19.8 Å². The second-order valence-corrected chi connectivity index (χ2v) is 3.79. The normalized spacial score (nSPS) is 20.1. The van der Waals surface area contributed by atoms with Gasteiger partial charge in [-0.2, -0.15) is 0 Å². The molecule has 0 amide bonds. The Morgan fingerprint density at radius 2 is 1.87 bits per heavy atom. The van der Waals surface area contributed by atoms with Gasteiger partial charge in [0.25, 0.3) is 0 Å². The van der Waals surface area contributed by atoms with Gasteiger partial charge in [-0.1, -0.05) is 55.7 Å². The van der Waals surface area contributed by atoms with Crippen LogP contribution in [0, 0.1) is 0 Å². The molecule has 1 aliphatic rings. The average molecular weight is 198 g/mol. The van der Waals surface area contributed by atoms with E-state index in [2.05, 4.69) is 38.8 Å². The highest BCUT2D eigenvalue weighted by Crippen LogP contribution is 2.32. The lowest BCUT2D eigenvalue weighted by Crippen LogP contribution is -2.01. The molecule has 78 valence electrons. The largest absolute Gasteiger partial charge is 0.0991 e. The van der Waals surface area contributed by atoms with Gasteiger partial charge in [0.2, 0.25) is 0 Å². The van der Waals surface area contributed by atoms with Crippen LogP contribution in [0.4, 0.5) is 0 Å². The zero-order valence-corrected chi connectivity index (χ0v) is 9.42. The van der Waals surface area contributed by atoms with E-state index < -0.39 is 0 Å². The minimum atomic E-state index is 0.959. The Bertz CT molecular complexity index is 373. The summed E-state index contributed by atoms with van der Waals surface area (Å²) in [5, 5.41) is 0. The second kappa shape index (κ2) is 5.35. The average Bonchev–Trinajstić information content (AvgIpc) is 2.20. The molecule has 0 heterocycles. The van der Waals surface area contributed by atoms with Crippen LogP contribution in [0.3, 0.4) is 0 Å². The van der Waals surface area contributed by atoms with Gasteiger partial charge in [0.15, 0.2) is 0 Å². The summed E-state index contributed by atoms with van der Waals surface area (Å²) in [6.45, 7) is 13.7. The minimum absolute atomic E-state index is 0.959. The Morgan fingerprint density at radius 3 is 2.47 bits per heavy atom. The number of hydrogen-bond donors (Lipinski definition) is 0. The highest BCUT2D eigenvalue weighted by molar-refractivity contribution is 5.46. The zero-order chi connectivity index (χ0) is 11.3. The van der Waals surface area contributed by atoms with Gasteiger partial charge in [-0.25, -0.2) is 0 Å². The number of rotatable bonds is 3. The molecule has 0 atom stereocenters. The summed E-state index contributed by atoms with van der Waals surface area (Å²) in [4.78, 5) is 0. The molecule has 0 bridgehead atoms. The van der Waals surface area contributed by atoms with Crippen molar-refractivity contribution in [2.24, 2.45) is 0 Å². The molecule has 1 aliphatic carbocycles. The summed E-state index contributed by atoms with van der Waals surface area (Å²) in [6, 6.07) is 0. The first kappa shape index (κ1) is 11.5. The van der Waals surface area contributed by atoms with Crippen LogP contribution < -0.4 is 0 Å². The van der Waals surface area contributed by atoms with E-state index in [-0.39, 0.29) is 0 Å². The van der Waals surface area contributed by atoms with Gasteiger partial charge < -0.3 is 0 Å². The van der Waals surface area contributed by atoms with Crippen LogP contribution >= 0.6 is 0 Å². The number of hydrogen-bond acceptors (Lipinski definition) is 0. The molecule has 0 heteroatoms. The molecule has 0 nitrogen and oxygen atoms in total. The number of allylic oxidation sites excluding steroid dienone is 9. The van der Waals surface area contributed by atoms with Crippen molar-refractivity contribution in [1.29, 1.82) is 0 Å². The Morgan fingerprint density at radius 1 is 1.13 bits per heavy atom. The van der Waals surface area contributed by atoms with E-state index in [0.29, 0.717) is 0 Å². The molecule has 0 fully saturated rings. The first-order chi connectivity index (χ1) is 7.19. The van der Waals surface area contributed by atoms with Crippen molar-refractivity contribution in [3.63, 3.8) is 0 Å². The summed E-state index contributed by atoms with van der Waals surface area (Å²) in [5.41, 5.74) is 5.28. The van der Waals surface area contributed by atoms with E-state index in [1.165, 1.54) is 22.3 Å². The summed E-state index contributed by atoms with van der Waals surface area (Å²) < 4.78 is 0. The second-order valence-electron chi connectivity index (χ2n) is 3.79. The van der Waals surface area contributed by atoms with E-state index in [9.17, 15) is 0 Å². The van der Waals surface area contributed by atoms with Gasteiger partial charge in [0.1, 0.15) is 0 Å². The van der Waals surface area contributed by atoms with Crippen LogP contribution in [0.5, 0.6) is 0 Å². The maximum Gasteiger partial charge on any atom is -0.00236 e. The van der Waals surface area contributed by atoms with Crippen molar-refractivity contribution in [2.75, 3.05) is 0 Å². The van der Waals surface area contributed by atoms with E-state index in [4.69, 9.17) is 0 Å². The molecular weight excluding hydrogens is 180 g/mol. The first-order valence-electron chi connectivity index (χ1n) is 5.16. The van der Waals surface area contributed by atoms with Gasteiger partial charge in [-0.05, 0) is 36.5 Å². The minimum Gasteiger partial charge on any atom is -0.0991 e. The van der Waals surface area contributed by atoms with Crippen molar-refractivity contribution in [2.45, 2.75) is 19.8 Å². The Balaban J connectivity index is 2.97.